The topological polar surface area (TPSA) is 37.3 Å². The van der Waals surface area contributed by atoms with E-state index in [1.807, 2.05) is 25.1 Å². The lowest BCUT2D eigenvalue weighted by molar-refractivity contribution is -0.130. The van der Waals surface area contributed by atoms with Gasteiger partial charge in [-0.1, -0.05) is 24.3 Å². The lowest BCUT2D eigenvalue weighted by atomic mass is 10.0. The molecule has 1 aliphatic carbocycles. The first-order valence-electron chi connectivity index (χ1n) is 4.22. The van der Waals surface area contributed by atoms with Gasteiger partial charge in [0.2, 0.25) is 0 Å². The molecule has 1 N–H and O–H groups in total. The third-order valence-electron chi connectivity index (χ3n) is 2.44. The zero-order valence-corrected chi connectivity index (χ0v) is 7.37. The Bertz CT molecular complexity index is 403. The van der Waals surface area contributed by atoms with Gasteiger partial charge in [0.05, 0.1) is 5.57 Å². The molecule has 0 heterocycles. The number of hydrogen-bond donors (Lipinski definition) is 1. The van der Waals surface area contributed by atoms with Crippen molar-refractivity contribution in [2.24, 2.45) is 0 Å². The van der Waals surface area contributed by atoms with Gasteiger partial charge < -0.3 is 5.11 Å². The first kappa shape index (κ1) is 8.05. The normalized spacial score (nSPS) is 13.8. The molecule has 1 aromatic rings. The Morgan fingerprint density at radius 2 is 2.23 bits per heavy atom. The Balaban J connectivity index is 2.56. The van der Waals surface area contributed by atoms with E-state index in [1.165, 1.54) is 5.56 Å². The highest BCUT2D eigenvalue weighted by Gasteiger charge is 2.19. The van der Waals surface area contributed by atoms with Crippen LogP contribution < -0.4 is 0 Å². The minimum Gasteiger partial charge on any atom is -0.478 e. The average molecular weight is 174 g/mol. The third kappa shape index (κ3) is 1.15. The van der Waals surface area contributed by atoms with Crippen LogP contribution in [0.4, 0.5) is 0 Å². The second-order valence-corrected chi connectivity index (χ2v) is 3.23. The van der Waals surface area contributed by atoms with Crippen LogP contribution in [0, 0.1) is 6.92 Å². The SMILES string of the molecule is Cc1cccc2c1CC=C2C(=O)O. The van der Waals surface area contributed by atoms with E-state index >= 15 is 0 Å². The number of aryl methyl sites for hydroxylation is 1. The van der Waals surface area contributed by atoms with E-state index in [0.29, 0.717) is 5.57 Å². The van der Waals surface area contributed by atoms with Crippen LogP contribution in [0.1, 0.15) is 16.7 Å². The zero-order valence-electron chi connectivity index (χ0n) is 7.37. The molecule has 0 radical (unpaired) electrons. The van der Waals surface area contributed by atoms with Crippen LogP contribution in [0.5, 0.6) is 0 Å². The molecular formula is C11H10O2. The quantitative estimate of drug-likeness (QED) is 0.707. The molecule has 2 rings (SSSR count). The maximum atomic E-state index is 10.8. The molecule has 0 fully saturated rings. The van der Waals surface area contributed by atoms with Crippen molar-refractivity contribution in [1.29, 1.82) is 0 Å². The van der Waals surface area contributed by atoms with E-state index in [1.54, 1.807) is 6.08 Å². The molecule has 1 aliphatic rings. The Morgan fingerprint density at radius 1 is 1.46 bits per heavy atom. The number of carbonyl (C=O) groups is 1. The van der Waals surface area contributed by atoms with Gasteiger partial charge in [0.1, 0.15) is 0 Å². The number of fused-ring (bicyclic) bond motifs is 1. The fourth-order valence-corrected chi connectivity index (χ4v) is 1.74. The number of carboxylic acid groups (broad SMARTS) is 1. The van der Waals surface area contributed by atoms with Crippen molar-refractivity contribution in [3.05, 3.63) is 41.0 Å². The van der Waals surface area contributed by atoms with Crippen molar-refractivity contribution in [2.45, 2.75) is 13.3 Å². The lowest BCUT2D eigenvalue weighted by Crippen LogP contribution is -1.98. The van der Waals surface area contributed by atoms with Gasteiger partial charge in [-0.15, -0.1) is 0 Å². The van der Waals surface area contributed by atoms with Gasteiger partial charge in [-0.25, -0.2) is 4.79 Å². The Labute approximate surface area is 76.5 Å². The number of carboxylic acids is 1. The summed E-state index contributed by atoms with van der Waals surface area (Å²) in [4.78, 5) is 10.8. The van der Waals surface area contributed by atoms with E-state index in [-0.39, 0.29) is 0 Å². The number of allylic oxidation sites excluding steroid dienone is 1. The molecule has 13 heavy (non-hydrogen) atoms. The van der Waals surface area contributed by atoms with Crippen molar-refractivity contribution in [2.75, 3.05) is 0 Å². The molecular weight excluding hydrogens is 164 g/mol. The Kier molecular flexibility index (Phi) is 1.69. The molecule has 0 amide bonds. The van der Waals surface area contributed by atoms with Gasteiger partial charge in [-0.3, -0.25) is 0 Å². The van der Waals surface area contributed by atoms with E-state index < -0.39 is 5.97 Å². The van der Waals surface area contributed by atoms with E-state index in [2.05, 4.69) is 0 Å². The fraction of sp³-hybridized carbons (Fsp3) is 0.182. The van der Waals surface area contributed by atoms with Gasteiger partial charge in [0.15, 0.2) is 0 Å². The first-order chi connectivity index (χ1) is 6.20. The van der Waals surface area contributed by atoms with Crippen LogP contribution in [-0.2, 0) is 11.2 Å². The predicted molar refractivity (Wildman–Crippen MR) is 50.5 cm³/mol. The summed E-state index contributed by atoms with van der Waals surface area (Å²) in [6.07, 6.45) is 2.53. The summed E-state index contributed by atoms with van der Waals surface area (Å²) in [5.41, 5.74) is 3.65. The van der Waals surface area contributed by atoms with E-state index in [0.717, 1.165) is 17.5 Å². The molecule has 0 unspecified atom stereocenters. The third-order valence-corrected chi connectivity index (χ3v) is 2.44. The smallest absolute Gasteiger partial charge is 0.335 e. The summed E-state index contributed by atoms with van der Waals surface area (Å²) in [7, 11) is 0. The van der Waals surface area contributed by atoms with Crippen molar-refractivity contribution in [3.63, 3.8) is 0 Å². The van der Waals surface area contributed by atoms with Crippen molar-refractivity contribution < 1.29 is 9.90 Å². The highest BCUT2D eigenvalue weighted by atomic mass is 16.4. The van der Waals surface area contributed by atoms with Crippen LogP contribution in [0.15, 0.2) is 24.3 Å². The van der Waals surface area contributed by atoms with Crippen LogP contribution in [0.25, 0.3) is 5.57 Å². The van der Waals surface area contributed by atoms with Crippen molar-refractivity contribution in [1.82, 2.24) is 0 Å². The maximum absolute atomic E-state index is 10.8. The fourth-order valence-electron chi connectivity index (χ4n) is 1.74. The lowest BCUT2D eigenvalue weighted by Gasteiger charge is -2.03. The Hall–Kier alpha value is -1.57. The summed E-state index contributed by atoms with van der Waals surface area (Å²) >= 11 is 0. The molecule has 2 nitrogen and oxygen atoms in total. The predicted octanol–water partition coefficient (Wildman–Crippen LogP) is 2.02. The molecule has 0 bridgehead atoms. The Morgan fingerprint density at radius 3 is 2.92 bits per heavy atom. The van der Waals surface area contributed by atoms with Crippen LogP contribution in [-0.4, -0.2) is 11.1 Å². The minimum absolute atomic E-state index is 0.443. The number of hydrogen-bond acceptors (Lipinski definition) is 1. The molecule has 0 aromatic heterocycles. The summed E-state index contributed by atoms with van der Waals surface area (Å²) in [5, 5.41) is 8.88. The molecule has 0 saturated carbocycles. The number of benzene rings is 1. The van der Waals surface area contributed by atoms with E-state index in [4.69, 9.17) is 5.11 Å². The molecule has 66 valence electrons. The van der Waals surface area contributed by atoms with Gasteiger partial charge in [-0.05, 0) is 30.0 Å². The number of aliphatic carboxylic acids is 1. The second-order valence-electron chi connectivity index (χ2n) is 3.23. The summed E-state index contributed by atoms with van der Waals surface area (Å²) < 4.78 is 0. The molecule has 1 aromatic carbocycles. The van der Waals surface area contributed by atoms with Gasteiger partial charge >= 0.3 is 5.97 Å². The monoisotopic (exact) mass is 174 g/mol. The van der Waals surface area contributed by atoms with E-state index in [9.17, 15) is 4.79 Å². The van der Waals surface area contributed by atoms with Gasteiger partial charge in [-0.2, -0.15) is 0 Å². The van der Waals surface area contributed by atoms with Crippen LogP contribution in [0.2, 0.25) is 0 Å². The second kappa shape index (κ2) is 2.73. The summed E-state index contributed by atoms with van der Waals surface area (Å²) in [6.45, 7) is 2.01. The average Bonchev–Trinajstić information content (AvgIpc) is 2.48. The molecule has 0 saturated heterocycles. The number of rotatable bonds is 1. The maximum Gasteiger partial charge on any atom is 0.335 e. The van der Waals surface area contributed by atoms with Crippen molar-refractivity contribution >= 4 is 11.5 Å². The largest absolute Gasteiger partial charge is 0.478 e. The highest BCUT2D eigenvalue weighted by molar-refractivity contribution is 6.17. The van der Waals surface area contributed by atoms with Crippen LogP contribution in [0.3, 0.4) is 0 Å². The minimum atomic E-state index is -0.829. The zero-order chi connectivity index (χ0) is 9.42. The molecule has 0 aliphatic heterocycles. The van der Waals surface area contributed by atoms with Gasteiger partial charge in [0.25, 0.3) is 0 Å². The summed E-state index contributed by atoms with van der Waals surface area (Å²) in [5.74, 6) is -0.829. The van der Waals surface area contributed by atoms with Gasteiger partial charge in [0, 0.05) is 0 Å². The van der Waals surface area contributed by atoms with Crippen LogP contribution >= 0.6 is 0 Å². The highest BCUT2D eigenvalue weighted by Crippen LogP contribution is 2.29. The van der Waals surface area contributed by atoms with Crippen molar-refractivity contribution in [3.8, 4) is 0 Å². The molecule has 0 atom stereocenters. The first-order valence-corrected chi connectivity index (χ1v) is 4.22. The standard InChI is InChI=1S/C11H10O2/c1-7-3-2-4-9-8(7)5-6-10(9)11(12)13/h2-4,6H,5H2,1H3,(H,12,13). The molecule has 0 spiro atoms. The molecule has 2 heteroatoms. The summed E-state index contributed by atoms with van der Waals surface area (Å²) in [6, 6.07) is 5.78.